The van der Waals surface area contributed by atoms with Crippen LogP contribution < -0.4 is 15.8 Å². The summed E-state index contributed by atoms with van der Waals surface area (Å²) in [6.45, 7) is 2.90. The van der Waals surface area contributed by atoms with Crippen molar-refractivity contribution in [3.05, 3.63) is 23.8 Å². The van der Waals surface area contributed by atoms with Crippen molar-refractivity contribution >= 4 is 11.6 Å². The first-order chi connectivity index (χ1) is 8.60. The van der Waals surface area contributed by atoms with E-state index in [1.165, 1.54) is 12.8 Å². The number of nitrogen functional groups attached to an aromatic ring is 1. The molecule has 1 amide bonds. The van der Waals surface area contributed by atoms with Gasteiger partial charge in [0.15, 0.2) is 0 Å². The molecule has 1 fully saturated rings. The van der Waals surface area contributed by atoms with E-state index in [4.69, 9.17) is 10.5 Å². The average molecular weight is 248 g/mol. The van der Waals surface area contributed by atoms with Gasteiger partial charge in [-0.05, 0) is 36.8 Å². The summed E-state index contributed by atoms with van der Waals surface area (Å²) in [5, 5.41) is 2.95. The smallest absolute Gasteiger partial charge is 0.251 e. The standard InChI is InChI=1S/C14H20N2O2/c1-9(10-3-4-10)8-16-14(17)11-5-12(15)7-13(6-11)18-2/h5-7,9-10H,3-4,8,15H2,1-2H3,(H,16,17). The van der Waals surface area contributed by atoms with Gasteiger partial charge in [-0.3, -0.25) is 4.79 Å². The molecule has 1 aliphatic carbocycles. The van der Waals surface area contributed by atoms with Crippen molar-refractivity contribution in [2.24, 2.45) is 11.8 Å². The Kier molecular flexibility index (Phi) is 3.75. The molecule has 0 aliphatic heterocycles. The molecule has 0 spiro atoms. The Balaban J connectivity index is 1.96. The Morgan fingerprint density at radius 2 is 2.22 bits per heavy atom. The molecule has 1 atom stereocenters. The van der Waals surface area contributed by atoms with Crippen LogP contribution in [0.1, 0.15) is 30.1 Å². The lowest BCUT2D eigenvalue weighted by Gasteiger charge is -2.12. The molecule has 0 aromatic heterocycles. The van der Waals surface area contributed by atoms with E-state index in [9.17, 15) is 4.79 Å². The van der Waals surface area contributed by atoms with E-state index in [2.05, 4.69) is 12.2 Å². The first-order valence-electron chi connectivity index (χ1n) is 6.33. The number of nitrogens with two attached hydrogens (primary N) is 1. The van der Waals surface area contributed by atoms with Crippen LogP contribution in [0.5, 0.6) is 5.75 Å². The quantitative estimate of drug-likeness (QED) is 0.784. The molecule has 98 valence electrons. The van der Waals surface area contributed by atoms with Crippen LogP contribution in [0, 0.1) is 11.8 Å². The van der Waals surface area contributed by atoms with Crippen molar-refractivity contribution in [1.82, 2.24) is 5.32 Å². The van der Waals surface area contributed by atoms with Crippen LogP contribution in [0.25, 0.3) is 0 Å². The Bertz CT molecular complexity index is 441. The number of rotatable bonds is 5. The van der Waals surface area contributed by atoms with Crippen LogP contribution in [0.2, 0.25) is 0 Å². The molecular formula is C14H20N2O2. The zero-order valence-electron chi connectivity index (χ0n) is 10.9. The first kappa shape index (κ1) is 12.7. The number of ether oxygens (including phenoxy) is 1. The molecule has 0 heterocycles. The highest BCUT2D eigenvalue weighted by molar-refractivity contribution is 5.95. The van der Waals surface area contributed by atoms with E-state index < -0.39 is 0 Å². The maximum Gasteiger partial charge on any atom is 0.251 e. The zero-order chi connectivity index (χ0) is 13.1. The molecule has 1 aliphatic rings. The molecular weight excluding hydrogens is 228 g/mol. The van der Waals surface area contributed by atoms with Gasteiger partial charge < -0.3 is 15.8 Å². The number of anilines is 1. The average Bonchev–Trinajstić information content (AvgIpc) is 3.18. The lowest BCUT2D eigenvalue weighted by atomic mass is 10.1. The monoisotopic (exact) mass is 248 g/mol. The molecule has 1 saturated carbocycles. The molecule has 1 unspecified atom stereocenters. The number of hydrogen-bond acceptors (Lipinski definition) is 3. The predicted molar refractivity (Wildman–Crippen MR) is 71.6 cm³/mol. The van der Waals surface area contributed by atoms with Gasteiger partial charge >= 0.3 is 0 Å². The fourth-order valence-electron chi connectivity index (χ4n) is 2.06. The highest BCUT2D eigenvalue weighted by atomic mass is 16.5. The van der Waals surface area contributed by atoms with Gasteiger partial charge in [0, 0.05) is 23.9 Å². The largest absolute Gasteiger partial charge is 0.497 e. The fraction of sp³-hybridized carbons (Fsp3) is 0.500. The van der Waals surface area contributed by atoms with Gasteiger partial charge in [-0.2, -0.15) is 0 Å². The van der Waals surface area contributed by atoms with Crippen LogP contribution in [0.3, 0.4) is 0 Å². The predicted octanol–water partition coefficient (Wildman–Crippen LogP) is 2.05. The topological polar surface area (TPSA) is 64.3 Å². The second kappa shape index (κ2) is 5.29. The molecule has 0 radical (unpaired) electrons. The Morgan fingerprint density at radius 3 is 2.83 bits per heavy atom. The first-order valence-corrected chi connectivity index (χ1v) is 6.33. The van der Waals surface area contributed by atoms with Gasteiger partial charge in [-0.15, -0.1) is 0 Å². The van der Waals surface area contributed by atoms with Crippen LogP contribution in [0.4, 0.5) is 5.69 Å². The Morgan fingerprint density at radius 1 is 1.50 bits per heavy atom. The summed E-state index contributed by atoms with van der Waals surface area (Å²) in [7, 11) is 1.56. The van der Waals surface area contributed by atoms with Crippen molar-refractivity contribution in [2.75, 3.05) is 19.4 Å². The molecule has 0 bridgehead atoms. The summed E-state index contributed by atoms with van der Waals surface area (Å²) < 4.78 is 5.10. The summed E-state index contributed by atoms with van der Waals surface area (Å²) in [5.41, 5.74) is 6.81. The third-order valence-electron chi connectivity index (χ3n) is 3.44. The van der Waals surface area contributed by atoms with E-state index in [0.29, 0.717) is 22.9 Å². The molecule has 2 rings (SSSR count). The summed E-state index contributed by atoms with van der Waals surface area (Å²) in [6, 6.07) is 5.07. The number of benzene rings is 1. The number of carbonyl (C=O) groups is 1. The summed E-state index contributed by atoms with van der Waals surface area (Å²) in [6.07, 6.45) is 2.59. The van der Waals surface area contributed by atoms with Gasteiger partial charge in [0.25, 0.3) is 5.91 Å². The summed E-state index contributed by atoms with van der Waals surface area (Å²) in [5.74, 6) is 1.86. The van der Waals surface area contributed by atoms with Crippen LogP contribution in [-0.2, 0) is 0 Å². The molecule has 0 saturated heterocycles. The second-order valence-corrected chi connectivity index (χ2v) is 5.02. The van der Waals surface area contributed by atoms with Gasteiger partial charge in [0.05, 0.1) is 7.11 Å². The van der Waals surface area contributed by atoms with Crippen LogP contribution in [0.15, 0.2) is 18.2 Å². The lowest BCUT2D eigenvalue weighted by Crippen LogP contribution is -2.29. The van der Waals surface area contributed by atoms with Crippen molar-refractivity contribution in [3.8, 4) is 5.75 Å². The highest BCUT2D eigenvalue weighted by Crippen LogP contribution is 2.36. The minimum atomic E-state index is -0.0897. The highest BCUT2D eigenvalue weighted by Gasteiger charge is 2.27. The summed E-state index contributed by atoms with van der Waals surface area (Å²) in [4.78, 5) is 12.0. The minimum Gasteiger partial charge on any atom is -0.497 e. The van der Waals surface area contributed by atoms with Crippen molar-refractivity contribution < 1.29 is 9.53 Å². The van der Waals surface area contributed by atoms with E-state index in [1.54, 1.807) is 25.3 Å². The third kappa shape index (κ3) is 3.15. The van der Waals surface area contributed by atoms with E-state index in [1.807, 2.05) is 0 Å². The number of carbonyl (C=O) groups excluding carboxylic acids is 1. The van der Waals surface area contributed by atoms with Gasteiger partial charge in [0.2, 0.25) is 0 Å². The summed E-state index contributed by atoms with van der Waals surface area (Å²) >= 11 is 0. The maximum absolute atomic E-state index is 12.0. The maximum atomic E-state index is 12.0. The van der Waals surface area contributed by atoms with Crippen molar-refractivity contribution in [3.63, 3.8) is 0 Å². The Hall–Kier alpha value is -1.71. The van der Waals surface area contributed by atoms with Gasteiger partial charge in [-0.25, -0.2) is 0 Å². The van der Waals surface area contributed by atoms with Crippen LogP contribution in [-0.4, -0.2) is 19.6 Å². The van der Waals surface area contributed by atoms with Gasteiger partial charge in [-0.1, -0.05) is 6.92 Å². The molecule has 1 aromatic carbocycles. The number of nitrogens with one attached hydrogen (secondary N) is 1. The minimum absolute atomic E-state index is 0.0897. The third-order valence-corrected chi connectivity index (χ3v) is 3.44. The Labute approximate surface area is 108 Å². The number of methoxy groups -OCH3 is 1. The van der Waals surface area contributed by atoms with E-state index in [-0.39, 0.29) is 5.91 Å². The molecule has 3 N–H and O–H groups in total. The molecule has 4 nitrogen and oxygen atoms in total. The zero-order valence-corrected chi connectivity index (χ0v) is 10.9. The van der Waals surface area contributed by atoms with Crippen LogP contribution >= 0.6 is 0 Å². The van der Waals surface area contributed by atoms with E-state index >= 15 is 0 Å². The lowest BCUT2D eigenvalue weighted by molar-refractivity contribution is 0.0946. The van der Waals surface area contributed by atoms with E-state index in [0.717, 1.165) is 12.5 Å². The second-order valence-electron chi connectivity index (χ2n) is 5.02. The SMILES string of the molecule is COc1cc(N)cc(C(=O)NCC(C)C2CC2)c1. The fourth-order valence-corrected chi connectivity index (χ4v) is 2.06. The molecule has 4 heteroatoms. The molecule has 18 heavy (non-hydrogen) atoms. The van der Waals surface area contributed by atoms with Crippen molar-refractivity contribution in [2.45, 2.75) is 19.8 Å². The number of amides is 1. The number of hydrogen-bond donors (Lipinski definition) is 2. The van der Waals surface area contributed by atoms with Crippen molar-refractivity contribution in [1.29, 1.82) is 0 Å². The normalized spacial score (nSPS) is 16.1. The van der Waals surface area contributed by atoms with Gasteiger partial charge in [0.1, 0.15) is 5.75 Å². The molecule has 1 aromatic rings.